The number of nitrogens with zero attached hydrogens (tertiary/aromatic N) is 2. The minimum Gasteiger partial charge on any atom is -0.382 e. The van der Waals surface area contributed by atoms with Gasteiger partial charge < -0.3 is 16.0 Å². The molecule has 0 aliphatic carbocycles. The molecule has 21 heavy (non-hydrogen) atoms. The van der Waals surface area contributed by atoms with Crippen LogP contribution in [0.2, 0.25) is 0 Å². The maximum Gasteiger partial charge on any atom is 0.267 e. The van der Waals surface area contributed by atoms with Gasteiger partial charge in [-0.3, -0.25) is 4.79 Å². The monoisotopic (exact) mass is 304 g/mol. The lowest BCUT2D eigenvalue weighted by molar-refractivity contribution is 0.0790. The highest BCUT2D eigenvalue weighted by atomic mass is 32.1. The Labute approximate surface area is 128 Å². The number of hydrogen-bond donors (Lipinski definition) is 2. The van der Waals surface area contributed by atoms with Gasteiger partial charge in [0.25, 0.3) is 5.91 Å². The normalized spacial score (nSPS) is 10.7. The first-order valence-electron chi connectivity index (χ1n) is 6.79. The van der Waals surface area contributed by atoms with Crippen LogP contribution in [0.4, 0.5) is 10.9 Å². The topological polar surface area (TPSA) is 71.2 Å². The Morgan fingerprint density at radius 3 is 2.67 bits per heavy atom. The van der Waals surface area contributed by atoms with Crippen LogP contribution in [0.1, 0.15) is 29.1 Å². The van der Waals surface area contributed by atoms with Crippen molar-refractivity contribution in [3.63, 3.8) is 0 Å². The van der Waals surface area contributed by atoms with E-state index in [1.54, 1.807) is 11.9 Å². The molecule has 0 aliphatic heterocycles. The fraction of sp³-hybridized carbons (Fsp3) is 0.333. The molecule has 1 aromatic heterocycles. The van der Waals surface area contributed by atoms with Gasteiger partial charge in [0.05, 0.1) is 0 Å². The number of anilines is 2. The van der Waals surface area contributed by atoms with Crippen LogP contribution in [-0.2, 0) is 6.54 Å². The quantitative estimate of drug-likeness (QED) is 0.891. The molecule has 0 bridgehead atoms. The second-order valence-corrected chi connectivity index (χ2v) is 6.18. The second kappa shape index (κ2) is 6.58. The molecule has 0 radical (unpaired) electrons. The number of amides is 1. The molecule has 0 aliphatic rings. The Morgan fingerprint density at radius 1 is 1.38 bits per heavy atom. The van der Waals surface area contributed by atoms with E-state index in [2.05, 4.69) is 10.3 Å². The summed E-state index contributed by atoms with van der Waals surface area (Å²) in [4.78, 5) is 18.8. The molecule has 0 unspecified atom stereocenters. The van der Waals surface area contributed by atoms with E-state index < -0.39 is 0 Å². The summed E-state index contributed by atoms with van der Waals surface area (Å²) in [6.45, 7) is 4.57. The summed E-state index contributed by atoms with van der Waals surface area (Å²) in [7, 11) is 1.77. The van der Waals surface area contributed by atoms with Crippen molar-refractivity contribution in [3.05, 3.63) is 40.8 Å². The first-order chi connectivity index (χ1) is 9.97. The highest BCUT2D eigenvalue weighted by Gasteiger charge is 2.20. The van der Waals surface area contributed by atoms with Gasteiger partial charge in [0, 0.05) is 19.6 Å². The molecule has 0 saturated carbocycles. The van der Waals surface area contributed by atoms with Gasteiger partial charge in [-0.25, -0.2) is 4.98 Å². The molecule has 1 amide bonds. The van der Waals surface area contributed by atoms with Crippen LogP contribution in [0.25, 0.3) is 0 Å². The first-order valence-corrected chi connectivity index (χ1v) is 7.61. The van der Waals surface area contributed by atoms with Crippen molar-refractivity contribution in [2.45, 2.75) is 26.4 Å². The highest BCUT2D eigenvalue weighted by molar-refractivity contribution is 7.18. The van der Waals surface area contributed by atoms with Crippen LogP contribution in [0.15, 0.2) is 30.3 Å². The van der Waals surface area contributed by atoms with Crippen LogP contribution in [0, 0.1) is 0 Å². The van der Waals surface area contributed by atoms with E-state index in [4.69, 9.17) is 5.73 Å². The van der Waals surface area contributed by atoms with Crippen molar-refractivity contribution in [1.82, 2.24) is 9.88 Å². The zero-order valence-corrected chi connectivity index (χ0v) is 13.3. The Balaban J connectivity index is 2.10. The van der Waals surface area contributed by atoms with Gasteiger partial charge in [0.2, 0.25) is 0 Å². The Hall–Kier alpha value is -2.08. The Bertz CT molecular complexity index is 609. The Kier molecular flexibility index (Phi) is 4.80. The van der Waals surface area contributed by atoms with Crippen molar-refractivity contribution in [2.75, 3.05) is 18.1 Å². The summed E-state index contributed by atoms with van der Waals surface area (Å²) in [5.74, 6) is 0.179. The maximum atomic E-state index is 12.5. The number of carbonyl (C=O) groups is 1. The fourth-order valence-corrected chi connectivity index (χ4v) is 2.92. The summed E-state index contributed by atoms with van der Waals surface area (Å²) in [6.07, 6.45) is 0. The number of nitrogen functional groups attached to an aromatic ring is 1. The van der Waals surface area contributed by atoms with E-state index in [9.17, 15) is 4.79 Å². The van der Waals surface area contributed by atoms with Crippen molar-refractivity contribution in [2.24, 2.45) is 0 Å². The van der Waals surface area contributed by atoms with E-state index in [0.29, 0.717) is 16.6 Å². The number of hydrogen-bond acceptors (Lipinski definition) is 5. The molecule has 2 aromatic rings. The van der Waals surface area contributed by atoms with Gasteiger partial charge in [0.15, 0.2) is 5.13 Å². The van der Waals surface area contributed by atoms with Gasteiger partial charge in [0.1, 0.15) is 10.7 Å². The molecule has 3 N–H and O–H groups in total. The minimum absolute atomic E-state index is 0.106. The molecule has 2 rings (SSSR count). The summed E-state index contributed by atoms with van der Waals surface area (Å²) in [5, 5.41) is 3.85. The largest absolute Gasteiger partial charge is 0.382 e. The van der Waals surface area contributed by atoms with Crippen molar-refractivity contribution < 1.29 is 4.79 Å². The zero-order chi connectivity index (χ0) is 15.4. The molecular weight excluding hydrogens is 284 g/mol. The first kappa shape index (κ1) is 15.3. The number of nitrogens with one attached hydrogen (secondary N) is 1. The third kappa shape index (κ3) is 3.95. The smallest absolute Gasteiger partial charge is 0.267 e. The summed E-state index contributed by atoms with van der Waals surface area (Å²) in [5.41, 5.74) is 6.94. The molecule has 1 heterocycles. The molecule has 0 saturated heterocycles. The third-order valence-electron chi connectivity index (χ3n) is 2.87. The summed E-state index contributed by atoms with van der Waals surface area (Å²) < 4.78 is 0. The number of rotatable bonds is 5. The molecule has 0 spiro atoms. The zero-order valence-electron chi connectivity index (χ0n) is 12.5. The molecule has 6 heteroatoms. The van der Waals surface area contributed by atoms with E-state index in [1.807, 2.05) is 44.2 Å². The van der Waals surface area contributed by atoms with Crippen molar-refractivity contribution >= 4 is 28.2 Å². The number of aromatic nitrogens is 1. The maximum absolute atomic E-state index is 12.5. The van der Waals surface area contributed by atoms with E-state index >= 15 is 0 Å². The molecule has 1 aromatic carbocycles. The van der Waals surface area contributed by atoms with E-state index in [1.165, 1.54) is 11.3 Å². The lowest BCUT2D eigenvalue weighted by atomic mass is 10.2. The highest BCUT2D eigenvalue weighted by Crippen LogP contribution is 2.26. The lowest BCUT2D eigenvalue weighted by Crippen LogP contribution is -2.26. The van der Waals surface area contributed by atoms with E-state index in [0.717, 1.165) is 5.56 Å². The van der Waals surface area contributed by atoms with Gasteiger partial charge >= 0.3 is 0 Å². The molecule has 0 atom stereocenters. The van der Waals surface area contributed by atoms with Crippen LogP contribution >= 0.6 is 11.3 Å². The Morgan fingerprint density at radius 2 is 2.05 bits per heavy atom. The lowest BCUT2D eigenvalue weighted by Gasteiger charge is -2.16. The van der Waals surface area contributed by atoms with Crippen LogP contribution in [-0.4, -0.2) is 28.9 Å². The average Bonchev–Trinajstić information content (AvgIpc) is 2.78. The molecule has 0 fully saturated rings. The predicted octanol–water partition coefficient (Wildman–Crippen LogP) is 2.82. The fourth-order valence-electron chi connectivity index (χ4n) is 1.90. The summed E-state index contributed by atoms with van der Waals surface area (Å²) in [6, 6.07) is 10.1. The molecular formula is C15H20N4OS. The molecule has 5 nitrogen and oxygen atoms in total. The van der Waals surface area contributed by atoms with Gasteiger partial charge in [-0.05, 0) is 19.4 Å². The van der Waals surface area contributed by atoms with E-state index in [-0.39, 0.29) is 17.8 Å². The van der Waals surface area contributed by atoms with Crippen LogP contribution in [0.5, 0.6) is 0 Å². The van der Waals surface area contributed by atoms with Crippen LogP contribution < -0.4 is 11.1 Å². The van der Waals surface area contributed by atoms with Crippen LogP contribution in [0.3, 0.4) is 0 Å². The third-order valence-corrected chi connectivity index (χ3v) is 3.86. The number of thiazole rings is 1. The van der Waals surface area contributed by atoms with Gasteiger partial charge in [-0.15, -0.1) is 0 Å². The minimum atomic E-state index is -0.106. The van der Waals surface area contributed by atoms with Crippen molar-refractivity contribution in [3.8, 4) is 0 Å². The summed E-state index contributed by atoms with van der Waals surface area (Å²) >= 11 is 1.30. The average molecular weight is 304 g/mol. The number of carbonyl (C=O) groups excluding carboxylic acids is 1. The van der Waals surface area contributed by atoms with Gasteiger partial charge in [-0.2, -0.15) is 0 Å². The van der Waals surface area contributed by atoms with Gasteiger partial charge in [-0.1, -0.05) is 41.7 Å². The SMILES string of the molecule is CC(C)Nc1nc(N)c(C(=O)N(C)Cc2ccccc2)s1. The molecule has 112 valence electrons. The standard InChI is InChI=1S/C15H20N4OS/c1-10(2)17-15-18-13(16)12(21-15)14(20)19(3)9-11-7-5-4-6-8-11/h4-8,10H,9,16H2,1-3H3,(H,17,18). The van der Waals surface area contributed by atoms with Crippen molar-refractivity contribution in [1.29, 1.82) is 0 Å². The predicted molar refractivity (Wildman–Crippen MR) is 87.5 cm³/mol. The number of nitrogens with two attached hydrogens (primary N) is 1. The second-order valence-electron chi connectivity index (χ2n) is 5.18. The number of benzene rings is 1.